The minimum Gasteiger partial charge on any atom is -0.486 e. The van der Waals surface area contributed by atoms with Crippen LogP contribution in [0.3, 0.4) is 0 Å². The second-order valence-electron chi connectivity index (χ2n) is 7.03. The molecule has 1 aromatic rings. The van der Waals surface area contributed by atoms with E-state index in [1.54, 1.807) is 0 Å². The zero-order valence-corrected chi connectivity index (χ0v) is 16.5. The molecule has 2 saturated heterocycles. The van der Waals surface area contributed by atoms with Crippen molar-refractivity contribution < 1.29 is 9.47 Å². The zero-order chi connectivity index (χ0) is 17.1. The Morgan fingerprint density at radius 2 is 1.67 bits per heavy atom. The number of aryl methyl sites for hydroxylation is 1. The average molecular weight is 398 g/mol. The van der Waals surface area contributed by atoms with Crippen LogP contribution in [0.2, 0.25) is 0 Å². The quantitative estimate of drug-likeness (QED) is 0.736. The first kappa shape index (κ1) is 18.0. The highest BCUT2D eigenvalue weighted by atomic mass is 79.9. The first-order chi connectivity index (χ1) is 11.5. The molecule has 3 rings (SSSR count). The van der Waals surface area contributed by atoms with E-state index in [1.807, 2.05) is 13.0 Å². The van der Waals surface area contributed by atoms with E-state index in [0.29, 0.717) is 31.2 Å². The molecule has 2 aliphatic heterocycles. The summed E-state index contributed by atoms with van der Waals surface area (Å²) in [5, 5.41) is 0. The lowest BCUT2D eigenvalue weighted by molar-refractivity contribution is 0.169. The smallest absolute Gasteiger partial charge is 0.257 e. The Kier molecular flexibility index (Phi) is 6.00. The number of likely N-dealkylation sites (tertiary alicyclic amines) is 2. The molecule has 6 heteroatoms. The minimum atomic E-state index is 0.476. The molecule has 0 unspecified atom stereocenters. The number of hydrogen-bond donors (Lipinski definition) is 0. The van der Waals surface area contributed by atoms with Crippen LogP contribution in [0.15, 0.2) is 10.5 Å². The Labute approximate surface area is 153 Å². The Bertz CT molecular complexity index is 520. The highest BCUT2D eigenvalue weighted by Gasteiger charge is 2.24. The minimum absolute atomic E-state index is 0.476. The molecule has 0 bridgehead atoms. The Morgan fingerprint density at radius 1 is 1.08 bits per heavy atom. The predicted molar refractivity (Wildman–Crippen MR) is 99.0 cm³/mol. The Hall–Kier alpha value is -0.850. The van der Waals surface area contributed by atoms with Crippen molar-refractivity contribution in [3.63, 3.8) is 0 Å². The summed E-state index contributed by atoms with van der Waals surface area (Å²) in [4.78, 5) is 9.32. The van der Waals surface area contributed by atoms with E-state index in [-0.39, 0.29) is 0 Å². The van der Waals surface area contributed by atoms with Gasteiger partial charge >= 0.3 is 0 Å². The van der Waals surface area contributed by atoms with Gasteiger partial charge in [-0.2, -0.15) is 0 Å². The number of aromatic nitrogens is 1. The highest BCUT2D eigenvalue weighted by molar-refractivity contribution is 9.10. The topological polar surface area (TPSA) is 37.8 Å². The van der Waals surface area contributed by atoms with Gasteiger partial charge in [0.15, 0.2) is 5.75 Å². The third kappa shape index (κ3) is 4.21. The summed E-state index contributed by atoms with van der Waals surface area (Å²) >= 11 is 3.56. The fourth-order valence-corrected chi connectivity index (χ4v) is 3.79. The largest absolute Gasteiger partial charge is 0.486 e. The third-order valence-electron chi connectivity index (χ3n) is 5.27. The molecule has 0 radical (unpaired) electrons. The van der Waals surface area contributed by atoms with E-state index in [4.69, 9.17) is 9.47 Å². The van der Waals surface area contributed by atoms with Crippen molar-refractivity contribution in [2.75, 3.05) is 40.4 Å². The van der Waals surface area contributed by atoms with E-state index in [0.717, 1.165) is 29.0 Å². The second kappa shape index (κ2) is 8.02. The predicted octanol–water partition coefficient (Wildman–Crippen LogP) is 3.10. The summed E-state index contributed by atoms with van der Waals surface area (Å²) in [5.74, 6) is 1.37. The molecule has 5 nitrogen and oxygen atoms in total. The lowest BCUT2D eigenvalue weighted by atomic mass is 10.2. The molecule has 2 atom stereocenters. The highest BCUT2D eigenvalue weighted by Crippen LogP contribution is 2.31. The van der Waals surface area contributed by atoms with Crippen LogP contribution >= 0.6 is 15.9 Å². The van der Waals surface area contributed by atoms with Gasteiger partial charge in [0.2, 0.25) is 0 Å². The van der Waals surface area contributed by atoms with Crippen LogP contribution in [0.5, 0.6) is 11.6 Å². The van der Waals surface area contributed by atoms with Crippen LogP contribution in [-0.2, 0) is 0 Å². The summed E-state index contributed by atoms with van der Waals surface area (Å²) in [7, 11) is 4.33. The summed E-state index contributed by atoms with van der Waals surface area (Å²) in [6.07, 6.45) is 4.88. The zero-order valence-electron chi connectivity index (χ0n) is 14.9. The van der Waals surface area contributed by atoms with Crippen LogP contribution in [-0.4, -0.2) is 67.3 Å². The molecular formula is C18H28BrN3O2. The molecule has 0 aromatic carbocycles. The van der Waals surface area contributed by atoms with E-state index in [2.05, 4.69) is 44.8 Å². The van der Waals surface area contributed by atoms with Crippen LogP contribution in [0.25, 0.3) is 0 Å². The van der Waals surface area contributed by atoms with Crippen LogP contribution in [0.4, 0.5) is 0 Å². The van der Waals surface area contributed by atoms with Crippen LogP contribution < -0.4 is 9.47 Å². The SMILES string of the molecule is Cc1nc(OC[C@H]2CCCN2C)c(OC[C@H]2CCCN2C)cc1Br. The molecule has 3 heterocycles. The van der Waals surface area contributed by atoms with Crippen molar-refractivity contribution >= 4 is 15.9 Å². The Balaban J connectivity index is 1.66. The molecule has 2 aliphatic rings. The second-order valence-corrected chi connectivity index (χ2v) is 7.89. The lowest BCUT2D eigenvalue weighted by Crippen LogP contribution is -2.31. The van der Waals surface area contributed by atoms with Crippen molar-refractivity contribution in [2.45, 2.75) is 44.7 Å². The number of halogens is 1. The number of nitrogens with zero attached hydrogens (tertiary/aromatic N) is 3. The first-order valence-electron chi connectivity index (χ1n) is 8.88. The van der Waals surface area contributed by atoms with Crippen LogP contribution in [0, 0.1) is 6.92 Å². The van der Waals surface area contributed by atoms with Gasteiger partial charge in [-0.05, 0) is 75.7 Å². The van der Waals surface area contributed by atoms with Crippen molar-refractivity contribution in [1.29, 1.82) is 0 Å². The number of hydrogen-bond acceptors (Lipinski definition) is 5. The maximum Gasteiger partial charge on any atom is 0.257 e. The number of pyridine rings is 1. The standard InChI is InChI=1S/C18H28BrN3O2/c1-13-16(19)10-17(23-11-14-6-4-8-21(14)2)18(20-13)24-12-15-7-5-9-22(15)3/h10,14-15H,4-9,11-12H2,1-3H3/t14-,15-/m1/s1. The summed E-state index contributed by atoms with van der Waals surface area (Å²) in [6.45, 7) is 5.64. The molecule has 1 aromatic heterocycles. The number of ether oxygens (including phenoxy) is 2. The molecule has 0 amide bonds. The van der Waals surface area contributed by atoms with Gasteiger partial charge in [-0.15, -0.1) is 0 Å². The van der Waals surface area contributed by atoms with Gasteiger partial charge in [-0.3, -0.25) is 0 Å². The number of rotatable bonds is 6. The van der Waals surface area contributed by atoms with E-state index in [9.17, 15) is 0 Å². The molecular weight excluding hydrogens is 370 g/mol. The number of likely N-dealkylation sites (N-methyl/N-ethyl adjacent to an activating group) is 2. The monoisotopic (exact) mass is 397 g/mol. The molecule has 24 heavy (non-hydrogen) atoms. The maximum atomic E-state index is 6.10. The van der Waals surface area contributed by atoms with Gasteiger partial charge in [0, 0.05) is 22.6 Å². The van der Waals surface area contributed by atoms with Crippen molar-refractivity contribution in [2.24, 2.45) is 0 Å². The van der Waals surface area contributed by atoms with Crippen LogP contribution in [0.1, 0.15) is 31.4 Å². The average Bonchev–Trinajstić information content (AvgIpc) is 3.15. The fraction of sp³-hybridized carbons (Fsp3) is 0.722. The summed E-state index contributed by atoms with van der Waals surface area (Å²) < 4.78 is 13.1. The molecule has 2 fully saturated rings. The molecule has 0 saturated carbocycles. The third-order valence-corrected chi connectivity index (χ3v) is 6.07. The molecule has 134 valence electrons. The van der Waals surface area contributed by atoms with Gasteiger partial charge < -0.3 is 19.3 Å². The Morgan fingerprint density at radius 3 is 2.21 bits per heavy atom. The van der Waals surface area contributed by atoms with E-state index in [1.165, 1.54) is 25.7 Å². The molecule has 0 spiro atoms. The summed E-state index contributed by atoms with van der Waals surface area (Å²) in [6, 6.07) is 2.95. The van der Waals surface area contributed by atoms with Crippen molar-refractivity contribution in [3.05, 3.63) is 16.2 Å². The maximum absolute atomic E-state index is 6.10. The first-order valence-corrected chi connectivity index (χ1v) is 9.67. The van der Waals surface area contributed by atoms with Gasteiger partial charge in [-0.25, -0.2) is 4.98 Å². The van der Waals surface area contributed by atoms with Gasteiger partial charge in [0.05, 0.1) is 5.69 Å². The molecule has 0 N–H and O–H groups in total. The lowest BCUT2D eigenvalue weighted by Gasteiger charge is -2.22. The normalized spacial score (nSPS) is 25.3. The fourth-order valence-electron chi connectivity index (χ4n) is 3.49. The van der Waals surface area contributed by atoms with Gasteiger partial charge in [-0.1, -0.05) is 0 Å². The van der Waals surface area contributed by atoms with E-state index >= 15 is 0 Å². The van der Waals surface area contributed by atoms with Crippen molar-refractivity contribution in [3.8, 4) is 11.6 Å². The van der Waals surface area contributed by atoms with Gasteiger partial charge in [0.1, 0.15) is 13.2 Å². The summed E-state index contributed by atoms with van der Waals surface area (Å²) in [5.41, 5.74) is 0.926. The van der Waals surface area contributed by atoms with Gasteiger partial charge in [0.25, 0.3) is 5.88 Å². The molecule has 0 aliphatic carbocycles. The van der Waals surface area contributed by atoms with E-state index < -0.39 is 0 Å². The van der Waals surface area contributed by atoms with Crippen molar-refractivity contribution in [1.82, 2.24) is 14.8 Å².